The van der Waals surface area contributed by atoms with E-state index in [0.717, 1.165) is 9.86 Å². The molecular weight excluding hydrogens is 298 g/mol. The van der Waals surface area contributed by atoms with Crippen LogP contribution in [0.4, 0.5) is 0 Å². The highest BCUT2D eigenvalue weighted by Gasteiger charge is 2.14. The zero-order valence-electron chi connectivity index (χ0n) is 10.1. The van der Waals surface area contributed by atoms with Gasteiger partial charge in [0.05, 0.1) is 13.7 Å². The van der Waals surface area contributed by atoms with Crippen molar-refractivity contribution in [2.45, 2.75) is 6.92 Å². The predicted octanol–water partition coefficient (Wildman–Crippen LogP) is 3.18. The smallest absolute Gasteiger partial charge is 0.356 e. The van der Waals surface area contributed by atoms with Crippen LogP contribution in [-0.4, -0.2) is 24.7 Å². The summed E-state index contributed by atoms with van der Waals surface area (Å²) in [6, 6.07) is 7.23. The number of nitrogens with zero attached hydrogens (tertiary/aromatic N) is 1. The molecule has 0 aliphatic heterocycles. The molecule has 1 heterocycles. The van der Waals surface area contributed by atoms with Crippen LogP contribution in [0.1, 0.15) is 17.4 Å². The number of pyridine rings is 1. The minimum absolute atomic E-state index is 0.265. The molecule has 0 atom stereocenters. The van der Waals surface area contributed by atoms with Gasteiger partial charge in [-0.05, 0) is 19.1 Å². The molecule has 0 amide bonds. The molecular formula is C13H12BrNO3. The van der Waals surface area contributed by atoms with Crippen molar-refractivity contribution in [2.75, 3.05) is 13.7 Å². The molecule has 18 heavy (non-hydrogen) atoms. The Morgan fingerprint density at radius 2 is 2.22 bits per heavy atom. The second-order valence-corrected chi connectivity index (χ2v) is 4.42. The lowest BCUT2D eigenvalue weighted by molar-refractivity contribution is 0.0520. The van der Waals surface area contributed by atoms with Gasteiger partial charge in [-0.3, -0.25) is 0 Å². The molecule has 2 rings (SSSR count). The van der Waals surface area contributed by atoms with Crippen LogP contribution in [0, 0.1) is 0 Å². The van der Waals surface area contributed by atoms with E-state index in [1.807, 2.05) is 12.1 Å². The first kappa shape index (κ1) is 12.8. The number of hydrogen-bond acceptors (Lipinski definition) is 4. The number of benzene rings is 1. The molecule has 0 aliphatic carbocycles. The molecule has 0 N–H and O–H groups in total. The number of esters is 1. The number of halogens is 1. The molecule has 0 saturated carbocycles. The number of rotatable bonds is 3. The number of carbonyl (C=O) groups excluding carboxylic acids is 1. The van der Waals surface area contributed by atoms with Crippen LogP contribution < -0.4 is 4.74 Å². The zero-order valence-corrected chi connectivity index (χ0v) is 11.7. The molecule has 0 fully saturated rings. The number of para-hydroxylation sites is 1. The fourth-order valence-electron chi connectivity index (χ4n) is 1.66. The summed E-state index contributed by atoms with van der Waals surface area (Å²) in [5.41, 5.74) is 0.901. The fourth-order valence-corrected chi connectivity index (χ4v) is 2.19. The van der Waals surface area contributed by atoms with Gasteiger partial charge in [-0.2, -0.15) is 0 Å². The topological polar surface area (TPSA) is 48.4 Å². The van der Waals surface area contributed by atoms with E-state index in [2.05, 4.69) is 20.9 Å². The standard InChI is InChI=1S/C13H12BrNO3/c1-3-18-13(16)10-7-9(14)8-5-4-6-11(17-2)12(8)15-10/h4-7H,3H2,1-2H3. The molecule has 2 aromatic rings. The van der Waals surface area contributed by atoms with Gasteiger partial charge in [0.25, 0.3) is 0 Å². The molecule has 0 radical (unpaired) electrons. The van der Waals surface area contributed by atoms with Gasteiger partial charge in [0.15, 0.2) is 0 Å². The Kier molecular flexibility index (Phi) is 3.81. The Bertz CT molecular complexity index is 598. The van der Waals surface area contributed by atoms with Crippen LogP contribution in [0.15, 0.2) is 28.7 Å². The Morgan fingerprint density at radius 1 is 1.44 bits per heavy atom. The summed E-state index contributed by atoms with van der Waals surface area (Å²) in [7, 11) is 1.57. The van der Waals surface area contributed by atoms with Crippen molar-refractivity contribution in [3.8, 4) is 5.75 Å². The van der Waals surface area contributed by atoms with Crippen molar-refractivity contribution >= 4 is 32.8 Å². The SMILES string of the molecule is CCOC(=O)c1cc(Br)c2cccc(OC)c2n1. The second-order valence-electron chi connectivity index (χ2n) is 3.57. The van der Waals surface area contributed by atoms with Crippen LogP contribution in [0.5, 0.6) is 5.75 Å². The molecule has 0 spiro atoms. The lowest BCUT2D eigenvalue weighted by atomic mass is 10.2. The minimum Gasteiger partial charge on any atom is -0.494 e. The molecule has 0 unspecified atom stereocenters. The van der Waals surface area contributed by atoms with Gasteiger partial charge in [0.2, 0.25) is 0 Å². The zero-order chi connectivity index (χ0) is 13.1. The summed E-state index contributed by atoms with van der Waals surface area (Å²) in [5.74, 6) is 0.186. The number of hydrogen-bond donors (Lipinski definition) is 0. The van der Waals surface area contributed by atoms with Gasteiger partial charge < -0.3 is 9.47 Å². The third-order valence-electron chi connectivity index (χ3n) is 2.46. The van der Waals surface area contributed by atoms with Gasteiger partial charge in [-0.15, -0.1) is 0 Å². The molecule has 1 aromatic heterocycles. The van der Waals surface area contributed by atoms with E-state index in [1.165, 1.54) is 0 Å². The summed E-state index contributed by atoms with van der Waals surface area (Å²) in [4.78, 5) is 16.0. The molecule has 1 aromatic carbocycles. The van der Waals surface area contributed by atoms with Crippen molar-refractivity contribution in [1.29, 1.82) is 0 Å². The maximum atomic E-state index is 11.7. The number of carbonyl (C=O) groups is 1. The van der Waals surface area contributed by atoms with Crippen molar-refractivity contribution in [2.24, 2.45) is 0 Å². The second kappa shape index (κ2) is 5.35. The summed E-state index contributed by atoms with van der Waals surface area (Å²) in [5, 5.41) is 0.891. The van der Waals surface area contributed by atoms with E-state index >= 15 is 0 Å². The van der Waals surface area contributed by atoms with Gasteiger partial charge in [0, 0.05) is 9.86 Å². The Balaban J connectivity index is 2.63. The van der Waals surface area contributed by atoms with Crippen LogP contribution in [-0.2, 0) is 4.74 Å². The summed E-state index contributed by atoms with van der Waals surface area (Å²) in [6.07, 6.45) is 0. The van der Waals surface area contributed by atoms with Crippen molar-refractivity contribution < 1.29 is 14.3 Å². The van der Waals surface area contributed by atoms with E-state index in [9.17, 15) is 4.79 Å². The van der Waals surface area contributed by atoms with Gasteiger partial charge in [0.1, 0.15) is 17.0 Å². The number of methoxy groups -OCH3 is 1. The highest BCUT2D eigenvalue weighted by atomic mass is 79.9. The van der Waals surface area contributed by atoms with Crippen LogP contribution >= 0.6 is 15.9 Å². The lowest BCUT2D eigenvalue weighted by Crippen LogP contribution is -2.07. The van der Waals surface area contributed by atoms with Crippen LogP contribution in [0.3, 0.4) is 0 Å². The van der Waals surface area contributed by atoms with Gasteiger partial charge in [-0.25, -0.2) is 9.78 Å². The maximum absolute atomic E-state index is 11.7. The Hall–Kier alpha value is -1.62. The third-order valence-corrected chi connectivity index (χ3v) is 3.11. The predicted molar refractivity (Wildman–Crippen MR) is 72.0 cm³/mol. The van der Waals surface area contributed by atoms with E-state index in [4.69, 9.17) is 9.47 Å². The molecule has 5 heteroatoms. The fraction of sp³-hybridized carbons (Fsp3) is 0.231. The number of ether oxygens (including phenoxy) is 2. The Labute approximate surface area is 113 Å². The average molecular weight is 310 g/mol. The van der Waals surface area contributed by atoms with E-state index < -0.39 is 5.97 Å². The monoisotopic (exact) mass is 309 g/mol. The third kappa shape index (κ3) is 2.31. The Morgan fingerprint density at radius 3 is 2.89 bits per heavy atom. The first-order valence-electron chi connectivity index (χ1n) is 5.47. The highest BCUT2D eigenvalue weighted by Crippen LogP contribution is 2.30. The first-order valence-corrected chi connectivity index (χ1v) is 6.27. The first-order chi connectivity index (χ1) is 8.67. The largest absolute Gasteiger partial charge is 0.494 e. The number of aromatic nitrogens is 1. The number of fused-ring (bicyclic) bond motifs is 1. The van der Waals surface area contributed by atoms with Crippen LogP contribution in [0.25, 0.3) is 10.9 Å². The van der Waals surface area contributed by atoms with Crippen molar-refractivity contribution in [3.63, 3.8) is 0 Å². The van der Waals surface area contributed by atoms with E-state index in [-0.39, 0.29) is 5.69 Å². The summed E-state index contributed by atoms with van der Waals surface area (Å²) >= 11 is 3.43. The van der Waals surface area contributed by atoms with Crippen LogP contribution in [0.2, 0.25) is 0 Å². The molecule has 0 bridgehead atoms. The summed E-state index contributed by atoms with van der Waals surface area (Å²) in [6.45, 7) is 2.08. The summed E-state index contributed by atoms with van der Waals surface area (Å²) < 4.78 is 11.0. The lowest BCUT2D eigenvalue weighted by Gasteiger charge is -2.08. The minimum atomic E-state index is -0.439. The van der Waals surface area contributed by atoms with E-state index in [0.29, 0.717) is 17.9 Å². The quantitative estimate of drug-likeness (QED) is 0.817. The molecule has 94 valence electrons. The van der Waals surface area contributed by atoms with E-state index in [1.54, 1.807) is 26.2 Å². The van der Waals surface area contributed by atoms with Gasteiger partial charge >= 0.3 is 5.97 Å². The highest BCUT2D eigenvalue weighted by molar-refractivity contribution is 9.10. The molecule has 0 aliphatic rings. The molecule has 4 nitrogen and oxygen atoms in total. The average Bonchev–Trinajstić information content (AvgIpc) is 2.38. The van der Waals surface area contributed by atoms with Crippen molar-refractivity contribution in [3.05, 3.63) is 34.4 Å². The maximum Gasteiger partial charge on any atom is 0.356 e. The van der Waals surface area contributed by atoms with Gasteiger partial charge in [-0.1, -0.05) is 28.1 Å². The molecule has 0 saturated heterocycles. The van der Waals surface area contributed by atoms with Crippen molar-refractivity contribution in [1.82, 2.24) is 4.98 Å². The normalized spacial score (nSPS) is 10.4.